The van der Waals surface area contributed by atoms with Gasteiger partial charge in [0, 0.05) is 12.7 Å². The van der Waals surface area contributed by atoms with Crippen molar-refractivity contribution in [2.24, 2.45) is 0 Å². The minimum Gasteiger partial charge on any atom is -0.466 e. The number of hydrogen-bond acceptors (Lipinski definition) is 8. The van der Waals surface area contributed by atoms with Gasteiger partial charge in [0.05, 0.1) is 11.1 Å². The molecule has 1 aliphatic rings. The lowest BCUT2D eigenvalue weighted by Crippen LogP contribution is -2.42. The van der Waals surface area contributed by atoms with E-state index in [1.807, 2.05) is 17.5 Å². The maximum absolute atomic E-state index is 12.6. The summed E-state index contributed by atoms with van der Waals surface area (Å²) in [5.74, 6) is 0.916. The van der Waals surface area contributed by atoms with Gasteiger partial charge in [0.25, 0.3) is 0 Å². The topological polar surface area (TPSA) is 85.8 Å². The molecule has 3 aromatic rings. The molecule has 0 unspecified atom stereocenters. The van der Waals surface area contributed by atoms with Crippen LogP contribution in [0.15, 0.2) is 51.0 Å². The Balaban J connectivity index is 1.41. The number of carbonyl (C=O) groups is 2. The molecule has 3 aromatic heterocycles. The molecule has 140 valence electrons. The first-order valence-corrected chi connectivity index (χ1v) is 10.1. The number of nitrogens with zero attached hydrogens (tertiary/aromatic N) is 2. The van der Waals surface area contributed by atoms with Crippen LogP contribution < -0.4 is 0 Å². The zero-order chi connectivity index (χ0) is 18.8. The van der Waals surface area contributed by atoms with E-state index in [2.05, 4.69) is 4.98 Å². The van der Waals surface area contributed by atoms with Crippen LogP contribution in [0.25, 0.3) is 10.8 Å². The fourth-order valence-corrected chi connectivity index (χ4v) is 4.92. The molecule has 0 saturated carbocycles. The van der Waals surface area contributed by atoms with Crippen molar-refractivity contribution in [3.8, 4) is 10.8 Å². The van der Waals surface area contributed by atoms with Gasteiger partial charge in [-0.15, -0.1) is 23.1 Å². The molecule has 2 atom stereocenters. The Hall–Kier alpha value is -2.52. The van der Waals surface area contributed by atoms with Crippen molar-refractivity contribution in [1.82, 2.24) is 9.88 Å². The summed E-state index contributed by atoms with van der Waals surface area (Å²) in [6.07, 6.45) is 3.02. The summed E-state index contributed by atoms with van der Waals surface area (Å²) in [5, 5.41) is 1.61. The Labute approximate surface area is 163 Å². The van der Waals surface area contributed by atoms with Crippen molar-refractivity contribution in [3.05, 3.63) is 53.6 Å². The summed E-state index contributed by atoms with van der Waals surface area (Å²) in [4.78, 5) is 31.4. The van der Waals surface area contributed by atoms with Crippen molar-refractivity contribution in [3.63, 3.8) is 0 Å². The maximum Gasteiger partial charge on any atom is 0.330 e. The highest BCUT2D eigenvalue weighted by Gasteiger charge is 2.43. The molecule has 4 rings (SSSR count). The zero-order valence-corrected chi connectivity index (χ0v) is 16.0. The lowest BCUT2D eigenvalue weighted by molar-refractivity contribution is -0.154. The normalized spacial score (nSPS) is 19.4. The number of rotatable bonds is 5. The van der Waals surface area contributed by atoms with Gasteiger partial charge in [0.1, 0.15) is 35.7 Å². The third kappa shape index (κ3) is 3.65. The second-order valence-electron chi connectivity index (χ2n) is 5.87. The van der Waals surface area contributed by atoms with E-state index in [0.717, 1.165) is 4.88 Å². The van der Waals surface area contributed by atoms with E-state index in [1.165, 1.54) is 41.2 Å². The summed E-state index contributed by atoms with van der Waals surface area (Å²) in [6.45, 7) is 1.43. The van der Waals surface area contributed by atoms with Crippen LogP contribution in [-0.4, -0.2) is 33.6 Å². The van der Waals surface area contributed by atoms with E-state index >= 15 is 0 Å². The lowest BCUT2D eigenvalue weighted by Gasteiger charge is -2.25. The quantitative estimate of drug-likeness (QED) is 0.599. The zero-order valence-electron chi connectivity index (χ0n) is 14.4. The highest BCUT2D eigenvalue weighted by molar-refractivity contribution is 7.99. The van der Waals surface area contributed by atoms with Crippen molar-refractivity contribution in [2.75, 3.05) is 5.75 Å². The van der Waals surface area contributed by atoms with Crippen LogP contribution in [0.5, 0.6) is 0 Å². The van der Waals surface area contributed by atoms with Gasteiger partial charge < -0.3 is 18.5 Å². The standard InChI is InChI=1S/C18H16N2O5S2/c1-11(21)20-13(10-27-17(20)14-4-2-6-23-14)18(22)25-9-12-8-24-16(19-12)15-5-3-7-26-15/h2-8,13,17H,9-10H2,1H3/t13-,17+/m1/s1. The molecule has 9 heteroatoms. The molecule has 1 fully saturated rings. The number of ether oxygens (including phenoxy) is 1. The number of carbonyl (C=O) groups excluding carboxylic acids is 2. The van der Waals surface area contributed by atoms with Gasteiger partial charge in [-0.05, 0) is 23.6 Å². The van der Waals surface area contributed by atoms with Crippen LogP contribution in [0, 0.1) is 0 Å². The van der Waals surface area contributed by atoms with Crippen LogP contribution in [0.4, 0.5) is 0 Å². The van der Waals surface area contributed by atoms with Gasteiger partial charge in [0.15, 0.2) is 0 Å². The monoisotopic (exact) mass is 404 g/mol. The Morgan fingerprint density at radius 2 is 2.22 bits per heavy atom. The highest BCUT2D eigenvalue weighted by Crippen LogP contribution is 2.41. The van der Waals surface area contributed by atoms with Crippen LogP contribution >= 0.6 is 23.1 Å². The first kappa shape index (κ1) is 17.9. The molecule has 0 aliphatic carbocycles. The summed E-state index contributed by atoms with van der Waals surface area (Å²) in [6, 6.07) is 6.71. The van der Waals surface area contributed by atoms with Crippen molar-refractivity contribution >= 4 is 35.0 Å². The fourth-order valence-electron chi connectivity index (χ4n) is 2.85. The number of aromatic nitrogens is 1. The van der Waals surface area contributed by atoms with Gasteiger partial charge >= 0.3 is 5.97 Å². The molecular formula is C18H16N2O5S2. The smallest absolute Gasteiger partial charge is 0.330 e. The van der Waals surface area contributed by atoms with E-state index < -0.39 is 12.0 Å². The summed E-state index contributed by atoms with van der Waals surface area (Å²) < 4.78 is 16.2. The number of furan rings is 1. The number of thiophene rings is 1. The van der Waals surface area contributed by atoms with Gasteiger partial charge in [0.2, 0.25) is 11.8 Å². The Kier molecular flexibility index (Phi) is 5.04. The molecule has 0 spiro atoms. The molecule has 0 N–H and O–H groups in total. The predicted molar refractivity (Wildman–Crippen MR) is 99.8 cm³/mol. The number of esters is 1. The van der Waals surface area contributed by atoms with Crippen LogP contribution in [0.3, 0.4) is 0 Å². The van der Waals surface area contributed by atoms with Crippen LogP contribution in [0.2, 0.25) is 0 Å². The third-order valence-electron chi connectivity index (χ3n) is 4.07. The minimum absolute atomic E-state index is 0.00790. The highest BCUT2D eigenvalue weighted by atomic mass is 32.2. The second kappa shape index (κ2) is 7.61. The average Bonchev–Trinajstić information content (AvgIpc) is 3.45. The first-order chi connectivity index (χ1) is 13.1. The molecule has 1 aliphatic heterocycles. The lowest BCUT2D eigenvalue weighted by atomic mass is 10.2. The SMILES string of the molecule is CC(=O)N1[C@@H](C(=O)OCc2coc(-c3cccs3)n2)CS[C@H]1c1ccco1. The maximum atomic E-state index is 12.6. The number of oxazole rings is 1. The summed E-state index contributed by atoms with van der Waals surface area (Å²) in [7, 11) is 0. The molecule has 0 radical (unpaired) electrons. The van der Waals surface area contributed by atoms with Crippen molar-refractivity contribution < 1.29 is 23.2 Å². The third-order valence-corrected chi connectivity index (χ3v) is 6.21. The van der Waals surface area contributed by atoms with Gasteiger partial charge in [-0.25, -0.2) is 9.78 Å². The molecule has 7 nitrogen and oxygen atoms in total. The van der Waals surface area contributed by atoms with Crippen LogP contribution in [-0.2, 0) is 20.9 Å². The largest absolute Gasteiger partial charge is 0.466 e. The van der Waals surface area contributed by atoms with Crippen LogP contribution in [0.1, 0.15) is 23.8 Å². The molecular weight excluding hydrogens is 388 g/mol. The Bertz CT molecular complexity index is 920. The van der Waals surface area contributed by atoms with Gasteiger partial charge in [-0.3, -0.25) is 4.79 Å². The average molecular weight is 404 g/mol. The molecule has 27 heavy (non-hydrogen) atoms. The van der Waals surface area contributed by atoms with Crippen molar-refractivity contribution in [1.29, 1.82) is 0 Å². The summed E-state index contributed by atoms with van der Waals surface area (Å²) >= 11 is 2.99. The van der Waals surface area contributed by atoms with Gasteiger partial charge in [-0.2, -0.15) is 0 Å². The first-order valence-electron chi connectivity index (χ1n) is 8.22. The van der Waals surface area contributed by atoms with E-state index in [-0.39, 0.29) is 17.9 Å². The number of hydrogen-bond donors (Lipinski definition) is 0. The fraction of sp³-hybridized carbons (Fsp3) is 0.278. The second-order valence-corrected chi connectivity index (χ2v) is 7.93. The predicted octanol–water partition coefficient (Wildman–Crippen LogP) is 3.70. The molecule has 0 aromatic carbocycles. The van der Waals surface area contributed by atoms with Crippen molar-refractivity contribution in [2.45, 2.75) is 24.9 Å². The molecule has 0 bridgehead atoms. The van der Waals surface area contributed by atoms with E-state index in [1.54, 1.807) is 18.4 Å². The molecule has 1 amide bonds. The number of amides is 1. The number of thioether (sulfide) groups is 1. The van der Waals surface area contributed by atoms with Gasteiger partial charge in [-0.1, -0.05) is 6.07 Å². The van der Waals surface area contributed by atoms with E-state index in [0.29, 0.717) is 23.1 Å². The minimum atomic E-state index is -0.661. The van der Waals surface area contributed by atoms with E-state index in [9.17, 15) is 9.59 Å². The molecule has 1 saturated heterocycles. The Morgan fingerprint density at radius 1 is 1.33 bits per heavy atom. The van der Waals surface area contributed by atoms with E-state index in [4.69, 9.17) is 13.6 Å². The summed E-state index contributed by atoms with van der Waals surface area (Å²) in [5.41, 5.74) is 0.523. The Morgan fingerprint density at radius 3 is 2.93 bits per heavy atom. The molecule has 4 heterocycles.